The predicted molar refractivity (Wildman–Crippen MR) is 86.1 cm³/mol. The minimum atomic E-state index is -3.49. The molecule has 0 amide bonds. The topological polar surface area (TPSA) is 59.5 Å². The Morgan fingerprint density at radius 3 is 2.52 bits per heavy atom. The summed E-state index contributed by atoms with van der Waals surface area (Å²) in [6.45, 7) is 1.77. The molecular formula is C16H19FN2O3S. The van der Waals surface area contributed by atoms with E-state index in [0.29, 0.717) is 11.4 Å². The molecule has 0 bridgehead atoms. The van der Waals surface area contributed by atoms with Gasteiger partial charge in [-0.15, -0.1) is 0 Å². The molecule has 0 saturated carbocycles. The van der Waals surface area contributed by atoms with Crippen LogP contribution in [0, 0.1) is 5.82 Å². The zero-order valence-electron chi connectivity index (χ0n) is 13.0. The third-order valence-corrected chi connectivity index (χ3v) is 5.40. The van der Waals surface area contributed by atoms with E-state index in [9.17, 15) is 12.8 Å². The summed E-state index contributed by atoms with van der Waals surface area (Å²) in [5, 5.41) is 0. The number of hydrogen-bond acceptors (Lipinski definition) is 4. The van der Waals surface area contributed by atoms with E-state index in [-0.39, 0.29) is 24.2 Å². The zero-order valence-corrected chi connectivity index (χ0v) is 13.8. The van der Waals surface area contributed by atoms with Crippen molar-refractivity contribution >= 4 is 10.0 Å². The van der Waals surface area contributed by atoms with Crippen LogP contribution in [0.25, 0.3) is 0 Å². The smallest absolute Gasteiger partial charge is 0.217 e. The van der Waals surface area contributed by atoms with Gasteiger partial charge in [0.05, 0.1) is 17.5 Å². The molecule has 7 heteroatoms. The molecule has 2 aromatic rings. The highest BCUT2D eigenvalue weighted by atomic mass is 32.2. The van der Waals surface area contributed by atoms with Crippen LogP contribution in [-0.2, 0) is 10.0 Å². The molecular weight excluding hydrogens is 319 g/mol. The molecule has 23 heavy (non-hydrogen) atoms. The first-order chi connectivity index (χ1) is 10.9. The molecule has 0 N–H and O–H groups in total. The molecule has 0 spiro atoms. The van der Waals surface area contributed by atoms with Crippen molar-refractivity contribution < 1.29 is 17.5 Å². The Balaban J connectivity index is 1.94. The van der Waals surface area contributed by atoms with Gasteiger partial charge in [0.25, 0.3) is 0 Å². The number of aromatic nitrogens is 1. The van der Waals surface area contributed by atoms with Crippen LogP contribution in [0.3, 0.4) is 0 Å². The molecule has 0 aliphatic rings. The zero-order chi connectivity index (χ0) is 16.9. The maximum Gasteiger partial charge on any atom is 0.217 e. The third kappa shape index (κ3) is 4.74. The highest BCUT2D eigenvalue weighted by Gasteiger charge is 2.24. The lowest BCUT2D eigenvalue weighted by molar-refractivity contribution is 0.331. The van der Waals surface area contributed by atoms with E-state index in [1.165, 1.54) is 35.6 Å². The second-order valence-electron chi connectivity index (χ2n) is 5.07. The summed E-state index contributed by atoms with van der Waals surface area (Å²) in [6, 6.07) is 10.5. The van der Waals surface area contributed by atoms with Gasteiger partial charge >= 0.3 is 0 Å². The summed E-state index contributed by atoms with van der Waals surface area (Å²) in [6.07, 6.45) is 1.63. The van der Waals surface area contributed by atoms with E-state index in [4.69, 9.17) is 4.74 Å². The van der Waals surface area contributed by atoms with Gasteiger partial charge in [0.15, 0.2) is 0 Å². The Hall–Kier alpha value is -1.99. The third-order valence-electron chi connectivity index (χ3n) is 3.52. The van der Waals surface area contributed by atoms with Gasteiger partial charge < -0.3 is 4.74 Å². The fourth-order valence-electron chi connectivity index (χ4n) is 1.99. The average molecular weight is 338 g/mol. The standard InChI is InChI=1S/C16H19FN2O3S/c1-13(16-5-3-4-10-18-16)19(2)23(20,21)12-11-22-15-8-6-14(17)7-9-15/h3-10,13H,11-12H2,1-2H3. The van der Waals surface area contributed by atoms with Gasteiger partial charge in [-0.05, 0) is 43.3 Å². The molecule has 1 aromatic carbocycles. The molecule has 1 unspecified atom stereocenters. The first kappa shape index (κ1) is 17.4. The Labute approximate surface area is 135 Å². The molecule has 0 saturated heterocycles. The van der Waals surface area contributed by atoms with E-state index < -0.39 is 10.0 Å². The lowest BCUT2D eigenvalue weighted by Gasteiger charge is -2.23. The number of rotatable bonds is 7. The van der Waals surface area contributed by atoms with Gasteiger partial charge in [0.1, 0.15) is 18.2 Å². The Kier molecular flexibility index (Phi) is 5.68. The minimum Gasteiger partial charge on any atom is -0.492 e. The molecule has 0 radical (unpaired) electrons. The Morgan fingerprint density at radius 2 is 1.91 bits per heavy atom. The Bertz CT molecular complexity index is 721. The summed E-state index contributed by atoms with van der Waals surface area (Å²) in [7, 11) is -1.97. The summed E-state index contributed by atoms with van der Waals surface area (Å²) in [4.78, 5) is 4.18. The van der Waals surface area contributed by atoms with E-state index >= 15 is 0 Å². The number of benzene rings is 1. The summed E-state index contributed by atoms with van der Waals surface area (Å²) in [5.41, 5.74) is 0.679. The van der Waals surface area contributed by atoms with Crippen molar-refractivity contribution in [1.29, 1.82) is 0 Å². The van der Waals surface area contributed by atoms with Crippen LogP contribution < -0.4 is 4.74 Å². The summed E-state index contributed by atoms with van der Waals surface area (Å²) >= 11 is 0. The fourth-order valence-corrected chi connectivity index (χ4v) is 3.16. The monoisotopic (exact) mass is 338 g/mol. The van der Waals surface area contributed by atoms with Crippen LogP contribution in [0.4, 0.5) is 4.39 Å². The first-order valence-corrected chi connectivity index (χ1v) is 8.76. The van der Waals surface area contributed by atoms with E-state index in [1.54, 1.807) is 25.3 Å². The van der Waals surface area contributed by atoms with Crippen LogP contribution >= 0.6 is 0 Å². The van der Waals surface area contributed by atoms with Crippen molar-refractivity contribution in [3.05, 3.63) is 60.2 Å². The Morgan fingerprint density at radius 1 is 1.22 bits per heavy atom. The van der Waals surface area contributed by atoms with Crippen LogP contribution in [0.5, 0.6) is 5.75 Å². The highest BCUT2D eigenvalue weighted by Crippen LogP contribution is 2.19. The van der Waals surface area contributed by atoms with E-state index in [2.05, 4.69) is 4.98 Å². The second-order valence-corrected chi connectivity index (χ2v) is 7.21. The largest absolute Gasteiger partial charge is 0.492 e. The van der Waals surface area contributed by atoms with Crippen LogP contribution in [0.1, 0.15) is 18.7 Å². The predicted octanol–water partition coefficient (Wildman–Crippen LogP) is 2.62. The molecule has 2 rings (SSSR count). The van der Waals surface area contributed by atoms with Gasteiger partial charge in [-0.1, -0.05) is 6.07 Å². The summed E-state index contributed by atoms with van der Waals surface area (Å²) in [5.74, 6) is -0.103. The average Bonchev–Trinajstić information content (AvgIpc) is 2.56. The minimum absolute atomic E-state index is 0.00670. The SMILES string of the molecule is CC(c1ccccn1)N(C)S(=O)(=O)CCOc1ccc(F)cc1. The fraction of sp³-hybridized carbons (Fsp3) is 0.312. The highest BCUT2D eigenvalue weighted by molar-refractivity contribution is 7.89. The number of hydrogen-bond donors (Lipinski definition) is 0. The van der Waals surface area contributed by atoms with E-state index in [1.807, 2.05) is 6.07 Å². The van der Waals surface area contributed by atoms with Crippen molar-refractivity contribution in [2.24, 2.45) is 0 Å². The first-order valence-electron chi connectivity index (χ1n) is 7.15. The molecule has 5 nitrogen and oxygen atoms in total. The number of sulfonamides is 1. The van der Waals surface area contributed by atoms with Crippen molar-refractivity contribution in [3.8, 4) is 5.75 Å². The molecule has 1 heterocycles. The number of nitrogens with zero attached hydrogens (tertiary/aromatic N) is 2. The molecule has 0 aliphatic heterocycles. The number of halogens is 1. The van der Waals surface area contributed by atoms with Gasteiger partial charge in [-0.2, -0.15) is 4.31 Å². The van der Waals surface area contributed by atoms with E-state index in [0.717, 1.165) is 0 Å². The van der Waals surface area contributed by atoms with Crippen LogP contribution in [0.15, 0.2) is 48.7 Å². The van der Waals surface area contributed by atoms with Gasteiger partial charge in [0.2, 0.25) is 10.0 Å². The molecule has 0 aliphatic carbocycles. The molecule has 1 atom stereocenters. The maximum atomic E-state index is 12.8. The van der Waals surface area contributed by atoms with Crippen molar-refractivity contribution in [2.45, 2.75) is 13.0 Å². The number of ether oxygens (including phenoxy) is 1. The number of pyridine rings is 1. The van der Waals surface area contributed by atoms with Gasteiger partial charge in [-0.3, -0.25) is 4.98 Å². The van der Waals surface area contributed by atoms with Crippen molar-refractivity contribution in [2.75, 3.05) is 19.4 Å². The lowest BCUT2D eigenvalue weighted by atomic mass is 10.2. The molecule has 0 fully saturated rings. The van der Waals surface area contributed by atoms with Crippen molar-refractivity contribution in [1.82, 2.24) is 9.29 Å². The lowest BCUT2D eigenvalue weighted by Crippen LogP contribution is -2.33. The van der Waals surface area contributed by atoms with Crippen molar-refractivity contribution in [3.63, 3.8) is 0 Å². The van der Waals surface area contributed by atoms with Gasteiger partial charge in [-0.25, -0.2) is 12.8 Å². The van der Waals surface area contributed by atoms with Gasteiger partial charge in [0, 0.05) is 13.2 Å². The maximum absolute atomic E-state index is 12.8. The normalized spacial score (nSPS) is 13.0. The van der Waals surface area contributed by atoms with Crippen LogP contribution in [0.2, 0.25) is 0 Å². The second kappa shape index (κ2) is 7.52. The molecule has 1 aromatic heterocycles. The summed E-state index contributed by atoms with van der Waals surface area (Å²) < 4.78 is 44.1. The molecule has 124 valence electrons. The quantitative estimate of drug-likeness (QED) is 0.779. The van der Waals surface area contributed by atoms with Crippen LogP contribution in [-0.4, -0.2) is 37.1 Å².